The van der Waals surface area contributed by atoms with Gasteiger partial charge in [0.25, 0.3) is 0 Å². The topological polar surface area (TPSA) is 73.3 Å². The number of esters is 1. The maximum Gasteiger partial charge on any atom is 0.384 e. The number of nitrogens with one attached hydrogen (secondary N) is 1. The van der Waals surface area contributed by atoms with Gasteiger partial charge < -0.3 is 14.8 Å². The fourth-order valence-corrected chi connectivity index (χ4v) is 1.83. The summed E-state index contributed by atoms with van der Waals surface area (Å²) in [5.41, 5.74) is 0.393. The predicted octanol–water partition coefficient (Wildman–Crippen LogP) is 0.522. The van der Waals surface area contributed by atoms with Crippen LogP contribution in [0, 0.1) is 11.8 Å². The molecule has 0 spiro atoms. The highest BCUT2D eigenvalue weighted by Gasteiger charge is 2.15. The molecule has 0 atom stereocenters. The van der Waals surface area contributed by atoms with Gasteiger partial charge in [0.05, 0.1) is 19.0 Å². The van der Waals surface area contributed by atoms with E-state index in [1.54, 1.807) is 13.1 Å². The summed E-state index contributed by atoms with van der Waals surface area (Å²) < 4.78 is 10.5. The average Bonchev–Trinajstić information content (AvgIpc) is 2.47. The van der Waals surface area contributed by atoms with E-state index in [9.17, 15) is 4.79 Å². The van der Waals surface area contributed by atoms with Crippen molar-refractivity contribution in [1.29, 1.82) is 0 Å². The van der Waals surface area contributed by atoms with Gasteiger partial charge in [0, 0.05) is 5.92 Å². The van der Waals surface area contributed by atoms with Gasteiger partial charge in [-0.05, 0) is 38.8 Å². The highest BCUT2D eigenvalue weighted by atomic mass is 16.5. The number of carbonyl (C=O) groups excluding carboxylic acids is 1. The first-order chi connectivity index (χ1) is 9.78. The number of carbonyl (C=O) groups is 1. The van der Waals surface area contributed by atoms with Crippen molar-refractivity contribution in [2.75, 3.05) is 19.7 Å². The Balaban J connectivity index is 1.98. The summed E-state index contributed by atoms with van der Waals surface area (Å²) in [5, 5.41) is 3.27. The summed E-state index contributed by atoms with van der Waals surface area (Å²) in [6.07, 6.45) is 5.08. The first-order valence-electron chi connectivity index (χ1n) is 6.66. The van der Waals surface area contributed by atoms with Gasteiger partial charge in [-0.1, -0.05) is 0 Å². The monoisotopic (exact) mass is 275 g/mol. The van der Waals surface area contributed by atoms with Crippen LogP contribution < -0.4 is 10.1 Å². The molecule has 1 aliphatic rings. The minimum Gasteiger partial charge on any atom is -0.473 e. The van der Waals surface area contributed by atoms with Crippen LogP contribution in [0.4, 0.5) is 0 Å². The zero-order chi connectivity index (χ0) is 14.2. The third kappa shape index (κ3) is 4.52. The molecule has 2 heterocycles. The van der Waals surface area contributed by atoms with Crippen molar-refractivity contribution in [2.45, 2.75) is 25.9 Å². The van der Waals surface area contributed by atoms with Gasteiger partial charge in [-0.3, -0.25) is 4.98 Å². The van der Waals surface area contributed by atoms with Crippen molar-refractivity contribution in [3.8, 4) is 17.7 Å². The van der Waals surface area contributed by atoms with Gasteiger partial charge in [0.1, 0.15) is 11.8 Å². The molecule has 0 unspecified atom stereocenters. The number of rotatable bonds is 3. The number of piperidine rings is 1. The summed E-state index contributed by atoms with van der Waals surface area (Å²) >= 11 is 0. The van der Waals surface area contributed by atoms with Crippen molar-refractivity contribution in [3.63, 3.8) is 0 Å². The van der Waals surface area contributed by atoms with Gasteiger partial charge in [-0.15, -0.1) is 0 Å². The third-order valence-corrected chi connectivity index (χ3v) is 2.75. The molecular formula is C14H17N3O3. The largest absolute Gasteiger partial charge is 0.473 e. The Morgan fingerprint density at radius 2 is 2.25 bits per heavy atom. The molecule has 0 aliphatic carbocycles. The van der Waals surface area contributed by atoms with Gasteiger partial charge in [0.15, 0.2) is 0 Å². The lowest BCUT2D eigenvalue weighted by molar-refractivity contribution is -0.136. The molecule has 0 aromatic carbocycles. The van der Waals surface area contributed by atoms with Crippen molar-refractivity contribution >= 4 is 5.97 Å². The van der Waals surface area contributed by atoms with Crippen LogP contribution in [0.3, 0.4) is 0 Å². The standard InChI is InChI=1S/C14H17N3O3/c1-2-19-14(18)4-3-11-9-16-10-13(17-11)20-12-5-7-15-8-6-12/h9-10,12,15H,2,5-8H2,1H3. The van der Waals surface area contributed by atoms with E-state index in [-0.39, 0.29) is 6.10 Å². The van der Waals surface area contributed by atoms with Crippen molar-refractivity contribution < 1.29 is 14.3 Å². The first kappa shape index (κ1) is 14.3. The Morgan fingerprint density at radius 1 is 1.45 bits per heavy atom. The number of aromatic nitrogens is 2. The van der Waals surface area contributed by atoms with Gasteiger partial charge in [-0.2, -0.15) is 0 Å². The molecule has 6 nitrogen and oxygen atoms in total. The lowest BCUT2D eigenvalue weighted by Gasteiger charge is -2.22. The summed E-state index contributed by atoms with van der Waals surface area (Å²) in [6.45, 7) is 3.92. The summed E-state index contributed by atoms with van der Waals surface area (Å²) in [7, 11) is 0. The number of hydrogen-bond acceptors (Lipinski definition) is 6. The van der Waals surface area contributed by atoms with Gasteiger partial charge >= 0.3 is 5.97 Å². The molecule has 1 aromatic heterocycles. The number of hydrogen-bond donors (Lipinski definition) is 1. The zero-order valence-corrected chi connectivity index (χ0v) is 11.4. The zero-order valence-electron chi connectivity index (χ0n) is 11.4. The normalized spacial score (nSPS) is 15.1. The fraction of sp³-hybridized carbons (Fsp3) is 0.500. The van der Waals surface area contributed by atoms with Crippen LogP contribution in [0.2, 0.25) is 0 Å². The third-order valence-electron chi connectivity index (χ3n) is 2.75. The van der Waals surface area contributed by atoms with Crippen molar-refractivity contribution in [3.05, 3.63) is 18.1 Å². The molecule has 0 radical (unpaired) electrons. The molecule has 2 rings (SSSR count). The van der Waals surface area contributed by atoms with E-state index in [1.165, 1.54) is 6.20 Å². The average molecular weight is 275 g/mol. The van der Waals surface area contributed by atoms with Crippen LogP contribution in [-0.2, 0) is 9.53 Å². The molecule has 1 N–H and O–H groups in total. The van der Waals surface area contributed by atoms with E-state index < -0.39 is 5.97 Å². The molecule has 106 valence electrons. The molecule has 1 saturated heterocycles. The number of ether oxygens (including phenoxy) is 2. The Labute approximate surface area is 117 Å². The molecule has 6 heteroatoms. The highest BCUT2D eigenvalue weighted by molar-refractivity contribution is 5.88. The SMILES string of the molecule is CCOC(=O)C#Cc1cncc(OC2CCNCC2)n1. The van der Waals surface area contributed by atoms with Crippen LogP contribution in [0.5, 0.6) is 5.88 Å². The predicted molar refractivity (Wildman–Crippen MR) is 72.1 cm³/mol. The number of nitrogens with zero attached hydrogens (tertiary/aromatic N) is 2. The highest BCUT2D eigenvalue weighted by Crippen LogP contribution is 2.13. The Hall–Kier alpha value is -2.13. The Bertz CT molecular complexity index is 516. The van der Waals surface area contributed by atoms with Crippen LogP contribution >= 0.6 is 0 Å². The molecule has 0 amide bonds. The van der Waals surface area contributed by atoms with E-state index in [0.717, 1.165) is 25.9 Å². The van der Waals surface area contributed by atoms with Crippen LogP contribution in [0.15, 0.2) is 12.4 Å². The van der Waals surface area contributed by atoms with E-state index in [2.05, 4.69) is 27.1 Å². The summed E-state index contributed by atoms with van der Waals surface area (Å²) in [4.78, 5) is 19.4. The summed E-state index contributed by atoms with van der Waals surface area (Å²) in [6, 6.07) is 0. The molecule has 0 bridgehead atoms. The Morgan fingerprint density at radius 3 is 3.00 bits per heavy atom. The minimum absolute atomic E-state index is 0.152. The second-order valence-electron chi connectivity index (χ2n) is 4.28. The lowest BCUT2D eigenvalue weighted by Crippen LogP contribution is -2.34. The maximum absolute atomic E-state index is 11.1. The molecule has 20 heavy (non-hydrogen) atoms. The van der Waals surface area contributed by atoms with E-state index in [4.69, 9.17) is 9.47 Å². The van der Waals surface area contributed by atoms with E-state index in [1.807, 2.05) is 0 Å². The molecule has 1 aromatic rings. The van der Waals surface area contributed by atoms with Crippen LogP contribution in [0.1, 0.15) is 25.5 Å². The van der Waals surface area contributed by atoms with Crippen molar-refractivity contribution in [1.82, 2.24) is 15.3 Å². The molecule has 1 aliphatic heterocycles. The second kappa shape index (κ2) is 7.46. The smallest absolute Gasteiger partial charge is 0.384 e. The quantitative estimate of drug-likeness (QED) is 0.640. The fourth-order valence-electron chi connectivity index (χ4n) is 1.83. The van der Waals surface area contributed by atoms with Gasteiger partial charge in [-0.25, -0.2) is 9.78 Å². The van der Waals surface area contributed by atoms with E-state index in [0.29, 0.717) is 18.2 Å². The van der Waals surface area contributed by atoms with Crippen LogP contribution in [-0.4, -0.2) is 41.7 Å². The molecule has 1 fully saturated rings. The minimum atomic E-state index is -0.570. The van der Waals surface area contributed by atoms with Crippen molar-refractivity contribution in [2.24, 2.45) is 0 Å². The van der Waals surface area contributed by atoms with E-state index >= 15 is 0 Å². The summed E-state index contributed by atoms with van der Waals surface area (Å²) in [5.74, 6) is 4.84. The second-order valence-corrected chi connectivity index (χ2v) is 4.28. The maximum atomic E-state index is 11.1. The van der Waals surface area contributed by atoms with Crippen LogP contribution in [0.25, 0.3) is 0 Å². The molecular weight excluding hydrogens is 258 g/mol. The first-order valence-corrected chi connectivity index (χ1v) is 6.66. The van der Waals surface area contributed by atoms with Gasteiger partial charge in [0.2, 0.25) is 5.88 Å². The lowest BCUT2D eigenvalue weighted by atomic mass is 10.1. The Kier molecular flexibility index (Phi) is 5.33. The molecule has 0 saturated carbocycles.